The molecule has 6 nitrogen and oxygen atoms in total. The molecule has 0 aliphatic heterocycles. The Balaban J connectivity index is 2.22. The fourth-order valence-electron chi connectivity index (χ4n) is 2.16. The Morgan fingerprint density at radius 1 is 1.35 bits per heavy atom. The van der Waals surface area contributed by atoms with Gasteiger partial charge in [0, 0.05) is 52.8 Å². The molecule has 2 rings (SSSR count). The summed E-state index contributed by atoms with van der Waals surface area (Å²) in [7, 11) is -2.48. The molecular weight excluding hydrogens is 312 g/mol. The third-order valence-corrected chi connectivity index (χ3v) is 3.91. The third kappa shape index (κ3) is 4.66. The van der Waals surface area contributed by atoms with Crippen LogP contribution < -0.4 is 5.32 Å². The maximum Gasteiger partial charge on any atom is 0.287 e. The fourth-order valence-corrected chi connectivity index (χ4v) is 2.66. The normalized spacial score (nSPS) is 11.3. The van der Waals surface area contributed by atoms with E-state index in [2.05, 4.69) is 14.8 Å². The Morgan fingerprint density at radius 3 is 2.65 bits per heavy atom. The van der Waals surface area contributed by atoms with Gasteiger partial charge in [0.15, 0.2) is 0 Å². The first-order chi connectivity index (χ1) is 10.8. The van der Waals surface area contributed by atoms with E-state index in [9.17, 15) is 9.00 Å². The Labute approximate surface area is 137 Å². The molecule has 0 aliphatic carbocycles. The Morgan fingerprint density at radius 2 is 2.04 bits per heavy atom. The average Bonchev–Trinajstić information content (AvgIpc) is 2.84. The predicted molar refractivity (Wildman–Crippen MR) is 93.2 cm³/mol. The number of amides is 1. The first-order valence-corrected chi connectivity index (χ1v) is 9.70. The highest BCUT2D eigenvalue weighted by molar-refractivity contribution is 7.92. The molecule has 1 aromatic carbocycles. The topological polar surface area (TPSA) is 76.3 Å². The van der Waals surface area contributed by atoms with Crippen LogP contribution in [0.4, 0.5) is 5.69 Å². The summed E-state index contributed by atoms with van der Waals surface area (Å²) in [6, 6.07) is 7.11. The summed E-state index contributed by atoms with van der Waals surface area (Å²) in [5.41, 5.74) is 3.12. The van der Waals surface area contributed by atoms with Gasteiger partial charge in [-0.3, -0.25) is 9.48 Å². The van der Waals surface area contributed by atoms with Crippen LogP contribution in [-0.2, 0) is 22.8 Å². The van der Waals surface area contributed by atoms with Crippen LogP contribution in [0, 0.1) is 6.92 Å². The number of anilines is 1. The highest BCUT2D eigenvalue weighted by Gasteiger charge is 2.12. The number of carbonyl (C=O) groups is 1. The van der Waals surface area contributed by atoms with Crippen molar-refractivity contribution in [2.75, 3.05) is 17.8 Å². The van der Waals surface area contributed by atoms with Crippen molar-refractivity contribution in [1.29, 1.82) is 0 Å². The smallest absolute Gasteiger partial charge is 0.287 e. The molecule has 0 bridgehead atoms. The number of hydrogen-bond acceptors (Lipinski definition) is 4. The zero-order valence-electron chi connectivity index (χ0n) is 13.9. The molecule has 1 amide bonds. The molecule has 1 heterocycles. The van der Waals surface area contributed by atoms with E-state index in [1.807, 2.05) is 36.9 Å². The zero-order valence-corrected chi connectivity index (χ0v) is 14.7. The van der Waals surface area contributed by atoms with Gasteiger partial charge in [-0.2, -0.15) is 9.46 Å². The van der Waals surface area contributed by atoms with E-state index < -0.39 is 15.6 Å². The summed E-state index contributed by atoms with van der Waals surface area (Å²) in [6.45, 7) is 5.37. The van der Waals surface area contributed by atoms with Crippen molar-refractivity contribution in [2.45, 2.75) is 26.9 Å². The Bertz CT molecular complexity index is 824. The molecule has 1 aromatic heterocycles. The van der Waals surface area contributed by atoms with Crippen LogP contribution in [0.5, 0.6) is 0 Å². The van der Waals surface area contributed by atoms with Crippen LogP contribution in [0.25, 0.3) is 0 Å². The number of aryl methyl sites for hydroxylation is 2. The van der Waals surface area contributed by atoms with Gasteiger partial charge >= 0.3 is 0 Å². The van der Waals surface area contributed by atoms with Gasteiger partial charge in [-0.1, -0.05) is 12.1 Å². The number of nitrogens with zero attached hydrogens (tertiary/aromatic N) is 3. The number of nitrogens with one attached hydrogen (secondary N) is 1. The van der Waals surface area contributed by atoms with Gasteiger partial charge in [-0.15, -0.1) is 0 Å². The van der Waals surface area contributed by atoms with E-state index in [0.717, 1.165) is 17.8 Å². The van der Waals surface area contributed by atoms with Crippen LogP contribution >= 0.6 is 0 Å². The molecule has 1 N–H and O–H groups in total. The lowest BCUT2D eigenvalue weighted by molar-refractivity contribution is 0.101. The lowest BCUT2D eigenvalue weighted by Crippen LogP contribution is -2.07. The summed E-state index contributed by atoms with van der Waals surface area (Å²) >= 11 is 0. The second-order valence-electron chi connectivity index (χ2n) is 5.57. The highest BCUT2D eigenvalue weighted by atomic mass is 32.2. The van der Waals surface area contributed by atoms with Crippen LogP contribution in [0.15, 0.2) is 34.8 Å². The number of aromatic nitrogens is 2. The van der Waals surface area contributed by atoms with Crippen molar-refractivity contribution >= 4 is 21.3 Å². The number of benzene rings is 1. The summed E-state index contributed by atoms with van der Waals surface area (Å²) < 4.78 is 17.4. The Hall–Kier alpha value is -2.15. The molecule has 0 aliphatic rings. The first-order valence-electron chi connectivity index (χ1n) is 7.37. The van der Waals surface area contributed by atoms with Crippen LogP contribution in [0.2, 0.25) is 0 Å². The molecule has 0 spiro atoms. The van der Waals surface area contributed by atoms with Gasteiger partial charge in [-0.25, -0.2) is 4.21 Å². The van der Waals surface area contributed by atoms with Crippen molar-refractivity contribution in [2.24, 2.45) is 4.36 Å². The highest BCUT2D eigenvalue weighted by Crippen LogP contribution is 2.18. The number of carbonyl (C=O) groups excluding carboxylic acids is 1. The van der Waals surface area contributed by atoms with Gasteiger partial charge in [0.25, 0.3) is 5.91 Å². The lowest BCUT2D eigenvalue weighted by Gasteiger charge is -2.09. The van der Waals surface area contributed by atoms with Crippen LogP contribution in [-0.4, -0.2) is 32.4 Å². The molecular formula is C16H22N4O2S. The Kier molecular flexibility index (Phi) is 5.20. The standard InChI is InChI=1S/C16H22N4O2S/c1-5-20-11-13(12(2)18-20)10-17-15-9-7-6-8-14(15)16(21)19-23(3,4)22/h6-9,11,17H,5,10H2,1-4H3. The predicted octanol–water partition coefficient (Wildman–Crippen LogP) is 2.69. The first kappa shape index (κ1) is 17.2. The second kappa shape index (κ2) is 6.95. The molecule has 0 saturated carbocycles. The SMILES string of the molecule is CCn1cc(CNc2ccccc2C(=O)N=S(C)(C)=O)c(C)n1. The molecule has 7 heteroatoms. The van der Waals surface area contributed by atoms with E-state index in [1.165, 1.54) is 12.5 Å². The van der Waals surface area contributed by atoms with Crippen LogP contribution in [0.1, 0.15) is 28.5 Å². The van der Waals surface area contributed by atoms with Crippen molar-refractivity contribution in [3.8, 4) is 0 Å². The van der Waals surface area contributed by atoms with Crippen molar-refractivity contribution in [3.63, 3.8) is 0 Å². The maximum atomic E-state index is 12.2. The maximum absolute atomic E-state index is 12.2. The number of para-hydroxylation sites is 1. The van der Waals surface area contributed by atoms with Crippen molar-refractivity contribution in [3.05, 3.63) is 47.3 Å². The third-order valence-electron chi connectivity index (χ3n) is 3.30. The molecule has 0 atom stereocenters. The van der Waals surface area contributed by atoms with E-state index in [-0.39, 0.29) is 0 Å². The fraction of sp³-hybridized carbons (Fsp3) is 0.375. The monoisotopic (exact) mass is 334 g/mol. The van der Waals surface area contributed by atoms with E-state index in [0.29, 0.717) is 17.8 Å². The summed E-state index contributed by atoms with van der Waals surface area (Å²) in [5, 5.41) is 7.65. The van der Waals surface area contributed by atoms with Gasteiger partial charge in [-0.05, 0) is 26.0 Å². The minimum atomic E-state index is -2.48. The summed E-state index contributed by atoms with van der Waals surface area (Å²) in [5.74, 6) is -0.468. The van der Waals surface area contributed by atoms with Crippen molar-refractivity contribution in [1.82, 2.24) is 9.78 Å². The van der Waals surface area contributed by atoms with Gasteiger partial charge in [0.05, 0.1) is 11.3 Å². The molecule has 0 fully saturated rings. The zero-order chi connectivity index (χ0) is 17.0. The van der Waals surface area contributed by atoms with Crippen LogP contribution in [0.3, 0.4) is 0 Å². The largest absolute Gasteiger partial charge is 0.380 e. The number of rotatable bonds is 5. The molecule has 2 aromatic rings. The van der Waals surface area contributed by atoms with E-state index >= 15 is 0 Å². The summed E-state index contributed by atoms with van der Waals surface area (Å²) in [4.78, 5) is 12.2. The molecule has 0 saturated heterocycles. The second-order valence-corrected chi connectivity index (χ2v) is 8.12. The van der Waals surface area contributed by atoms with E-state index in [1.54, 1.807) is 12.1 Å². The number of hydrogen-bond donors (Lipinski definition) is 1. The average molecular weight is 334 g/mol. The van der Waals surface area contributed by atoms with Gasteiger partial charge in [0.2, 0.25) is 0 Å². The quantitative estimate of drug-likeness (QED) is 0.912. The molecule has 124 valence electrons. The minimum Gasteiger partial charge on any atom is -0.380 e. The van der Waals surface area contributed by atoms with E-state index in [4.69, 9.17) is 0 Å². The summed E-state index contributed by atoms with van der Waals surface area (Å²) in [6.07, 6.45) is 4.88. The lowest BCUT2D eigenvalue weighted by atomic mass is 10.1. The van der Waals surface area contributed by atoms with Crippen molar-refractivity contribution < 1.29 is 9.00 Å². The molecule has 0 unspecified atom stereocenters. The minimum absolute atomic E-state index is 0.421. The molecule has 0 radical (unpaired) electrons. The molecule has 23 heavy (non-hydrogen) atoms. The van der Waals surface area contributed by atoms with Gasteiger partial charge < -0.3 is 5.32 Å². The van der Waals surface area contributed by atoms with Gasteiger partial charge in [0.1, 0.15) is 0 Å².